The van der Waals surface area contributed by atoms with Crippen molar-refractivity contribution >= 4 is 45.1 Å². The summed E-state index contributed by atoms with van der Waals surface area (Å²) in [6.07, 6.45) is 0.892. The van der Waals surface area contributed by atoms with E-state index in [0.29, 0.717) is 28.0 Å². The number of halogens is 1. The highest BCUT2D eigenvalue weighted by atomic mass is 79.9. The number of rotatable bonds is 5. The molecule has 0 aromatic heterocycles. The van der Waals surface area contributed by atoms with Crippen molar-refractivity contribution in [1.29, 1.82) is 0 Å². The van der Waals surface area contributed by atoms with E-state index in [1.807, 2.05) is 26.0 Å². The molecule has 0 fully saturated rings. The molecule has 2 amide bonds. The molecule has 0 aliphatic rings. The SMILES string of the molecule is CCCOc1ccc(C(=O)NC(=S)NNC(=O)c2ccc(C)cc2)cc1Br. The highest BCUT2D eigenvalue weighted by molar-refractivity contribution is 9.10. The van der Waals surface area contributed by atoms with Crippen molar-refractivity contribution in [2.75, 3.05) is 6.61 Å². The third kappa shape index (κ3) is 6.33. The van der Waals surface area contributed by atoms with Gasteiger partial charge in [0.2, 0.25) is 0 Å². The molecule has 0 bridgehead atoms. The maximum Gasteiger partial charge on any atom is 0.269 e. The van der Waals surface area contributed by atoms with Crippen LogP contribution < -0.4 is 20.9 Å². The van der Waals surface area contributed by atoms with Crippen molar-refractivity contribution in [3.63, 3.8) is 0 Å². The Morgan fingerprint density at radius 3 is 2.33 bits per heavy atom. The molecule has 0 spiro atoms. The number of nitrogens with one attached hydrogen (secondary N) is 3. The van der Waals surface area contributed by atoms with Gasteiger partial charge in [0.1, 0.15) is 5.75 Å². The van der Waals surface area contributed by atoms with Crippen LogP contribution in [0.15, 0.2) is 46.9 Å². The lowest BCUT2D eigenvalue weighted by atomic mass is 10.1. The number of benzene rings is 2. The summed E-state index contributed by atoms with van der Waals surface area (Å²) in [7, 11) is 0. The number of amides is 2. The van der Waals surface area contributed by atoms with E-state index < -0.39 is 5.91 Å². The van der Waals surface area contributed by atoms with E-state index in [2.05, 4.69) is 32.1 Å². The molecule has 2 aromatic rings. The fourth-order valence-electron chi connectivity index (χ4n) is 2.07. The zero-order valence-corrected chi connectivity index (χ0v) is 17.4. The Bertz CT molecular complexity index is 841. The second kappa shape index (κ2) is 10.0. The molecular formula is C19H20BrN3O3S. The van der Waals surface area contributed by atoms with E-state index in [1.54, 1.807) is 30.3 Å². The van der Waals surface area contributed by atoms with Crippen molar-refractivity contribution in [2.24, 2.45) is 0 Å². The molecule has 0 aliphatic heterocycles. The molecule has 2 rings (SSSR count). The Kier molecular flexibility index (Phi) is 7.75. The first kappa shape index (κ1) is 20.9. The summed E-state index contributed by atoms with van der Waals surface area (Å²) < 4.78 is 6.23. The molecule has 0 heterocycles. The van der Waals surface area contributed by atoms with Crippen molar-refractivity contribution in [3.8, 4) is 5.75 Å². The molecule has 27 heavy (non-hydrogen) atoms. The van der Waals surface area contributed by atoms with E-state index in [4.69, 9.17) is 17.0 Å². The van der Waals surface area contributed by atoms with Crippen LogP contribution in [0.1, 0.15) is 39.6 Å². The Morgan fingerprint density at radius 2 is 1.70 bits per heavy atom. The van der Waals surface area contributed by atoms with Gasteiger partial charge in [-0.25, -0.2) is 0 Å². The Labute approximate surface area is 171 Å². The predicted molar refractivity (Wildman–Crippen MR) is 112 cm³/mol. The van der Waals surface area contributed by atoms with Crippen LogP contribution >= 0.6 is 28.1 Å². The molecule has 0 radical (unpaired) electrons. The lowest BCUT2D eigenvalue weighted by Gasteiger charge is -2.12. The van der Waals surface area contributed by atoms with E-state index in [1.165, 1.54) is 0 Å². The molecule has 0 atom stereocenters. The summed E-state index contributed by atoms with van der Waals surface area (Å²) in [5.41, 5.74) is 6.90. The maximum absolute atomic E-state index is 12.3. The van der Waals surface area contributed by atoms with Gasteiger partial charge in [0, 0.05) is 11.1 Å². The van der Waals surface area contributed by atoms with E-state index in [0.717, 1.165) is 12.0 Å². The lowest BCUT2D eigenvalue weighted by molar-refractivity contribution is 0.0934. The van der Waals surface area contributed by atoms with Gasteiger partial charge in [0.15, 0.2) is 5.11 Å². The first-order valence-electron chi connectivity index (χ1n) is 8.31. The van der Waals surface area contributed by atoms with Gasteiger partial charge in [-0.05, 0) is 71.8 Å². The normalized spacial score (nSPS) is 10.0. The number of aryl methyl sites for hydroxylation is 1. The number of ether oxygens (including phenoxy) is 1. The Morgan fingerprint density at radius 1 is 1.04 bits per heavy atom. The van der Waals surface area contributed by atoms with Gasteiger partial charge >= 0.3 is 0 Å². The van der Waals surface area contributed by atoms with Crippen molar-refractivity contribution in [2.45, 2.75) is 20.3 Å². The quantitative estimate of drug-likeness (QED) is 0.480. The number of hydrogen-bond donors (Lipinski definition) is 3. The fourth-order valence-corrected chi connectivity index (χ4v) is 2.71. The van der Waals surface area contributed by atoms with Gasteiger partial charge < -0.3 is 4.74 Å². The second-order valence-electron chi connectivity index (χ2n) is 5.72. The average Bonchev–Trinajstić information content (AvgIpc) is 2.65. The van der Waals surface area contributed by atoms with Crippen LogP contribution in [0.25, 0.3) is 0 Å². The fraction of sp³-hybridized carbons (Fsp3) is 0.211. The lowest BCUT2D eigenvalue weighted by Crippen LogP contribution is -2.48. The average molecular weight is 450 g/mol. The van der Waals surface area contributed by atoms with E-state index in [-0.39, 0.29) is 11.0 Å². The molecule has 0 saturated heterocycles. The van der Waals surface area contributed by atoms with Crippen LogP contribution in [0.5, 0.6) is 5.75 Å². The van der Waals surface area contributed by atoms with Crippen LogP contribution in [-0.2, 0) is 0 Å². The Hall–Kier alpha value is -2.45. The van der Waals surface area contributed by atoms with Gasteiger partial charge in [-0.1, -0.05) is 24.6 Å². The van der Waals surface area contributed by atoms with E-state index >= 15 is 0 Å². The summed E-state index contributed by atoms with van der Waals surface area (Å²) in [5.74, 6) is -0.0916. The van der Waals surface area contributed by atoms with Crippen LogP contribution in [-0.4, -0.2) is 23.5 Å². The number of hydrogen-bond acceptors (Lipinski definition) is 4. The third-order valence-corrected chi connectivity index (χ3v) is 4.31. The third-order valence-electron chi connectivity index (χ3n) is 3.49. The minimum Gasteiger partial charge on any atom is -0.492 e. The molecule has 0 aliphatic carbocycles. The van der Waals surface area contributed by atoms with Crippen molar-refractivity contribution < 1.29 is 14.3 Å². The Balaban J connectivity index is 1.87. The van der Waals surface area contributed by atoms with Gasteiger partial charge in [-0.2, -0.15) is 0 Å². The summed E-state index contributed by atoms with van der Waals surface area (Å²) in [6, 6.07) is 12.1. The molecular weight excluding hydrogens is 430 g/mol. The van der Waals surface area contributed by atoms with Crippen LogP contribution in [0.3, 0.4) is 0 Å². The molecule has 0 unspecified atom stereocenters. The highest BCUT2D eigenvalue weighted by Gasteiger charge is 2.12. The summed E-state index contributed by atoms with van der Waals surface area (Å²) in [4.78, 5) is 24.3. The summed E-state index contributed by atoms with van der Waals surface area (Å²) >= 11 is 8.42. The van der Waals surface area contributed by atoms with Crippen LogP contribution in [0, 0.1) is 6.92 Å². The minimum absolute atomic E-state index is 0.0112. The molecule has 0 saturated carbocycles. The minimum atomic E-state index is -0.403. The second-order valence-corrected chi connectivity index (χ2v) is 6.98. The van der Waals surface area contributed by atoms with Crippen molar-refractivity contribution in [1.82, 2.24) is 16.2 Å². The first-order chi connectivity index (χ1) is 12.9. The first-order valence-corrected chi connectivity index (χ1v) is 9.51. The standard InChI is InChI=1S/C19H20BrN3O3S/c1-3-10-26-16-9-8-14(11-15(16)20)17(24)21-19(27)23-22-18(25)13-6-4-12(2)5-7-13/h4-9,11H,3,10H2,1-2H3,(H,22,25)(H2,21,23,24,27). The van der Waals surface area contributed by atoms with Gasteiger partial charge in [0.25, 0.3) is 11.8 Å². The number of thiocarbonyl (C=S) groups is 1. The molecule has 3 N–H and O–H groups in total. The summed E-state index contributed by atoms with van der Waals surface area (Å²) in [5, 5.41) is 2.50. The number of hydrazine groups is 1. The van der Waals surface area contributed by atoms with Gasteiger partial charge in [-0.3, -0.25) is 25.8 Å². The number of carbonyl (C=O) groups is 2. The number of carbonyl (C=O) groups excluding carboxylic acids is 2. The maximum atomic E-state index is 12.3. The molecule has 6 nitrogen and oxygen atoms in total. The molecule has 8 heteroatoms. The highest BCUT2D eigenvalue weighted by Crippen LogP contribution is 2.26. The summed E-state index contributed by atoms with van der Waals surface area (Å²) in [6.45, 7) is 4.55. The zero-order chi connectivity index (χ0) is 19.8. The van der Waals surface area contributed by atoms with Crippen molar-refractivity contribution in [3.05, 3.63) is 63.6 Å². The molecule has 142 valence electrons. The van der Waals surface area contributed by atoms with Crippen LogP contribution in [0.4, 0.5) is 0 Å². The van der Waals surface area contributed by atoms with Gasteiger partial charge in [-0.15, -0.1) is 0 Å². The predicted octanol–water partition coefficient (Wildman–Crippen LogP) is 3.50. The topological polar surface area (TPSA) is 79.5 Å². The van der Waals surface area contributed by atoms with Crippen LogP contribution in [0.2, 0.25) is 0 Å². The largest absolute Gasteiger partial charge is 0.492 e. The monoisotopic (exact) mass is 449 g/mol. The molecule has 2 aromatic carbocycles. The smallest absolute Gasteiger partial charge is 0.269 e. The van der Waals surface area contributed by atoms with E-state index in [9.17, 15) is 9.59 Å². The van der Waals surface area contributed by atoms with Gasteiger partial charge in [0.05, 0.1) is 11.1 Å². The zero-order valence-electron chi connectivity index (χ0n) is 15.0.